The van der Waals surface area contributed by atoms with Gasteiger partial charge in [-0.1, -0.05) is 6.92 Å². The normalized spacial score (nSPS) is 10.9. The van der Waals surface area contributed by atoms with Gasteiger partial charge in [-0.25, -0.2) is 9.37 Å². The maximum absolute atomic E-state index is 13.2. The minimum Gasteiger partial charge on any atom is -0.476 e. The van der Waals surface area contributed by atoms with Crippen LogP contribution in [-0.2, 0) is 6.54 Å². The van der Waals surface area contributed by atoms with Crippen molar-refractivity contribution in [1.82, 2.24) is 15.2 Å². The molecule has 102 valence electrons. The summed E-state index contributed by atoms with van der Waals surface area (Å²) in [7, 11) is 3.95. The van der Waals surface area contributed by atoms with E-state index in [-0.39, 0.29) is 5.82 Å². The molecule has 1 aromatic heterocycles. The molecule has 1 heterocycles. The summed E-state index contributed by atoms with van der Waals surface area (Å²) in [6.45, 7) is 4.92. The fraction of sp³-hybridized carbons (Fsp3) is 0.615. The Balaban J connectivity index is 2.58. The molecule has 0 amide bonds. The number of rotatable bonds is 8. The molecule has 0 atom stereocenters. The number of hydrogen-bond acceptors (Lipinski definition) is 4. The maximum atomic E-state index is 13.2. The predicted octanol–water partition coefficient (Wildman–Crippen LogP) is 1.66. The molecule has 0 aliphatic heterocycles. The lowest BCUT2D eigenvalue weighted by Gasteiger charge is -2.13. The molecular formula is C13H22FN3O. The van der Waals surface area contributed by atoms with Crippen molar-refractivity contribution in [2.75, 3.05) is 33.8 Å². The van der Waals surface area contributed by atoms with Crippen LogP contribution in [0.2, 0.25) is 0 Å². The van der Waals surface area contributed by atoms with Crippen molar-refractivity contribution in [2.45, 2.75) is 19.9 Å². The van der Waals surface area contributed by atoms with Gasteiger partial charge in [-0.05, 0) is 33.1 Å². The summed E-state index contributed by atoms with van der Waals surface area (Å²) in [5.74, 6) is 0.185. The number of halogens is 1. The second kappa shape index (κ2) is 8.00. The van der Waals surface area contributed by atoms with Crippen molar-refractivity contribution >= 4 is 0 Å². The van der Waals surface area contributed by atoms with E-state index in [9.17, 15) is 4.39 Å². The summed E-state index contributed by atoms with van der Waals surface area (Å²) in [5.41, 5.74) is 0.766. The molecule has 18 heavy (non-hydrogen) atoms. The van der Waals surface area contributed by atoms with Gasteiger partial charge in [-0.3, -0.25) is 0 Å². The first-order valence-corrected chi connectivity index (χ1v) is 6.26. The lowest BCUT2D eigenvalue weighted by atomic mass is 10.2. The van der Waals surface area contributed by atoms with Crippen LogP contribution >= 0.6 is 0 Å². The van der Waals surface area contributed by atoms with Crippen molar-refractivity contribution in [3.05, 3.63) is 23.6 Å². The van der Waals surface area contributed by atoms with Crippen LogP contribution in [0.4, 0.5) is 4.39 Å². The van der Waals surface area contributed by atoms with Crippen LogP contribution in [-0.4, -0.2) is 43.7 Å². The number of ether oxygens (including phenoxy) is 1. The molecule has 0 aliphatic carbocycles. The molecule has 1 N–H and O–H groups in total. The molecule has 4 nitrogen and oxygen atoms in total. The molecule has 0 fully saturated rings. The summed E-state index contributed by atoms with van der Waals surface area (Å²) in [5, 5.41) is 3.22. The smallest absolute Gasteiger partial charge is 0.218 e. The third kappa shape index (κ3) is 5.42. The van der Waals surface area contributed by atoms with Gasteiger partial charge in [0.1, 0.15) is 12.4 Å². The largest absolute Gasteiger partial charge is 0.476 e. The van der Waals surface area contributed by atoms with E-state index in [4.69, 9.17) is 4.74 Å². The Bertz CT molecular complexity index is 358. The van der Waals surface area contributed by atoms with Gasteiger partial charge in [0.25, 0.3) is 0 Å². The summed E-state index contributed by atoms with van der Waals surface area (Å²) in [4.78, 5) is 6.02. The van der Waals surface area contributed by atoms with Gasteiger partial charge < -0.3 is 15.0 Å². The average molecular weight is 255 g/mol. The van der Waals surface area contributed by atoms with Crippen molar-refractivity contribution in [2.24, 2.45) is 0 Å². The first-order valence-electron chi connectivity index (χ1n) is 6.26. The SMILES string of the molecule is CCCNCc1cc(F)cnc1OCCN(C)C. The van der Waals surface area contributed by atoms with Crippen LogP contribution in [0.15, 0.2) is 12.3 Å². The Kier molecular flexibility index (Phi) is 6.60. The number of hydrogen-bond donors (Lipinski definition) is 1. The molecule has 1 aromatic rings. The number of pyridine rings is 1. The van der Waals surface area contributed by atoms with Gasteiger partial charge in [0.2, 0.25) is 5.88 Å². The van der Waals surface area contributed by atoms with Gasteiger partial charge in [0.15, 0.2) is 0 Å². The standard InChI is InChI=1S/C13H22FN3O/c1-4-5-15-9-11-8-12(14)10-16-13(11)18-7-6-17(2)3/h8,10,15H,4-7,9H2,1-3H3. The Morgan fingerprint density at radius 1 is 1.44 bits per heavy atom. The molecule has 0 radical (unpaired) electrons. The minimum atomic E-state index is -0.330. The topological polar surface area (TPSA) is 37.4 Å². The highest BCUT2D eigenvalue weighted by Gasteiger charge is 2.07. The van der Waals surface area contributed by atoms with Crippen molar-refractivity contribution < 1.29 is 9.13 Å². The van der Waals surface area contributed by atoms with Crippen LogP contribution in [0.25, 0.3) is 0 Å². The minimum absolute atomic E-state index is 0.330. The van der Waals surface area contributed by atoms with Crippen molar-refractivity contribution in [3.8, 4) is 5.88 Å². The maximum Gasteiger partial charge on any atom is 0.218 e. The number of nitrogens with zero attached hydrogens (tertiary/aromatic N) is 2. The van der Waals surface area contributed by atoms with E-state index in [0.717, 1.165) is 25.1 Å². The molecule has 0 aromatic carbocycles. The molecule has 5 heteroatoms. The highest BCUT2D eigenvalue weighted by molar-refractivity contribution is 5.26. The highest BCUT2D eigenvalue weighted by Crippen LogP contribution is 2.15. The van der Waals surface area contributed by atoms with Crippen molar-refractivity contribution in [1.29, 1.82) is 0 Å². The second-order valence-corrected chi connectivity index (χ2v) is 4.45. The number of aromatic nitrogens is 1. The van der Waals surface area contributed by atoms with E-state index in [1.807, 2.05) is 19.0 Å². The van der Waals surface area contributed by atoms with Gasteiger partial charge in [0.05, 0.1) is 6.20 Å². The Hall–Kier alpha value is -1.20. The highest BCUT2D eigenvalue weighted by atomic mass is 19.1. The Morgan fingerprint density at radius 3 is 2.89 bits per heavy atom. The summed E-state index contributed by atoms with van der Waals surface area (Å²) in [6, 6.07) is 1.47. The fourth-order valence-electron chi connectivity index (χ4n) is 1.45. The zero-order chi connectivity index (χ0) is 13.4. The quantitative estimate of drug-likeness (QED) is 0.717. The van der Waals surface area contributed by atoms with E-state index in [1.54, 1.807) is 0 Å². The van der Waals surface area contributed by atoms with Gasteiger partial charge >= 0.3 is 0 Å². The summed E-state index contributed by atoms with van der Waals surface area (Å²) in [6.07, 6.45) is 2.23. The molecule has 0 aliphatic rings. The van der Waals surface area contributed by atoms with E-state index >= 15 is 0 Å². The fourth-order valence-corrected chi connectivity index (χ4v) is 1.45. The summed E-state index contributed by atoms with van der Waals surface area (Å²) >= 11 is 0. The lowest BCUT2D eigenvalue weighted by Crippen LogP contribution is -2.21. The van der Waals surface area contributed by atoms with E-state index in [0.29, 0.717) is 19.0 Å². The molecule has 0 saturated heterocycles. The molecule has 0 bridgehead atoms. The zero-order valence-corrected chi connectivity index (χ0v) is 11.4. The Labute approximate surface area is 108 Å². The molecule has 0 spiro atoms. The second-order valence-electron chi connectivity index (χ2n) is 4.45. The third-order valence-corrected chi connectivity index (χ3v) is 2.41. The molecule has 0 saturated carbocycles. The van der Waals surface area contributed by atoms with E-state index in [2.05, 4.69) is 17.2 Å². The first kappa shape index (κ1) is 14.9. The van der Waals surface area contributed by atoms with Crippen LogP contribution in [0.1, 0.15) is 18.9 Å². The van der Waals surface area contributed by atoms with Gasteiger partial charge in [0, 0.05) is 18.7 Å². The predicted molar refractivity (Wildman–Crippen MR) is 70.2 cm³/mol. The zero-order valence-electron chi connectivity index (χ0n) is 11.4. The van der Waals surface area contributed by atoms with Gasteiger partial charge in [-0.2, -0.15) is 0 Å². The summed E-state index contributed by atoms with van der Waals surface area (Å²) < 4.78 is 18.7. The monoisotopic (exact) mass is 255 g/mol. The molecule has 0 unspecified atom stereocenters. The van der Waals surface area contributed by atoms with Crippen LogP contribution in [0.3, 0.4) is 0 Å². The molecule has 1 rings (SSSR count). The average Bonchev–Trinajstić information content (AvgIpc) is 2.32. The van der Waals surface area contributed by atoms with Gasteiger partial charge in [-0.15, -0.1) is 0 Å². The van der Waals surface area contributed by atoms with E-state index in [1.165, 1.54) is 12.3 Å². The van der Waals surface area contributed by atoms with Crippen molar-refractivity contribution in [3.63, 3.8) is 0 Å². The number of nitrogens with one attached hydrogen (secondary N) is 1. The number of likely N-dealkylation sites (N-methyl/N-ethyl adjacent to an activating group) is 1. The van der Waals surface area contributed by atoms with Crippen LogP contribution in [0, 0.1) is 5.82 Å². The molecular weight excluding hydrogens is 233 g/mol. The Morgan fingerprint density at radius 2 is 2.22 bits per heavy atom. The third-order valence-electron chi connectivity index (χ3n) is 2.41. The lowest BCUT2D eigenvalue weighted by molar-refractivity contribution is 0.251. The van der Waals surface area contributed by atoms with E-state index < -0.39 is 0 Å². The van der Waals surface area contributed by atoms with Crippen LogP contribution in [0.5, 0.6) is 5.88 Å². The first-order chi connectivity index (χ1) is 8.63. The van der Waals surface area contributed by atoms with Crippen LogP contribution < -0.4 is 10.1 Å².